The molecule has 188 valence electrons. The van der Waals surface area contributed by atoms with E-state index in [0.717, 1.165) is 32.1 Å². The summed E-state index contributed by atoms with van der Waals surface area (Å²) >= 11 is 0. The monoisotopic (exact) mass is 479 g/mol. The number of rotatable bonds is 9. The zero-order valence-electron chi connectivity index (χ0n) is 20.9. The molecule has 2 aromatic carbocycles. The number of anilines is 1. The summed E-state index contributed by atoms with van der Waals surface area (Å²) in [7, 11) is 1.56. The normalized spacial score (nSPS) is 15.9. The third kappa shape index (κ3) is 7.31. The number of benzene rings is 2. The second kappa shape index (κ2) is 12.9. The number of nitrogens with one attached hydrogen (secondary N) is 3. The smallest absolute Gasteiger partial charge is 0.255 e. The van der Waals surface area contributed by atoms with Crippen molar-refractivity contribution in [3.8, 4) is 5.75 Å². The first-order valence-electron chi connectivity index (χ1n) is 12.6. The third-order valence-corrected chi connectivity index (χ3v) is 6.76. The van der Waals surface area contributed by atoms with Gasteiger partial charge >= 0.3 is 0 Å². The summed E-state index contributed by atoms with van der Waals surface area (Å²) in [6.07, 6.45) is 7.35. The Morgan fingerprint density at radius 1 is 0.943 bits per heavy atom. The third-order valence-electron chi connectivity index (χ3n) is 6.76. The fraction of sp³-hybridized carbons (Fsp3) is 0.464. The van der Waals surface area contributed by atoms with Gasteiger partial charge in [-0.1, -0.05) is 58.1 Å². The topological polar surface area (TPSA) is 96.5 Å². The van der Waals surface area contributed by atoms with Crippen LogP contribution in [0.2, 0.25) is 0 Å². The minimum absolute atomic E-state index is 0.0363. The molecule has 0 aromatic heterocycles. The van der Waals surface area contributed by atoms with Crippen molar-refractivity contribution in [2.75, 3.05) is 12.4 Å². The largest absolute Gasteiger partial charge is 0.497 e. The van der Waals surface area contributed by atoms with Crippen molar-refractivity contribution >= 4 is 23.4 Å². The van der Waals surface area contributed by atoms with Crippen molar-refractivity contribution in [1.29, 1.82) is 0 Å². The second-order valence-electron chi connectivity index (χ2n) is 9.26. The van der Waals surface area contributed by atoms with E-state index in [1.54, 1.807) is 55.6 Å². The summed E-state index contributed by atoms with van der Waals surface area (Å²) < 4.78 is 5.14. The molecule has 3 rings (SSSR count). The molecule has 2 aromatic rings. The lowest BCUT2D eigenvalue weighted by atomic mass is 9.96. The maximum atomic E-state index is 13.3. The Kier molecular flexibility index (Phi) is 9.70. The summed E-state index contributed by atoms with van der Waals surface area (Å²) in [6.45, 7) is 3.97. The van der Waals surface area contributed by atoms with Gasteiger partial charge < -0.3 is 20.7 Å². The van der Waals surface area contributed by atoms with Gasteiger partial charge in [0, 0.05) is 11.6 Å². The number of methoxy groups -OCH3 is 1. The van der Waals surface area contributed by atoms with Gasteiger partial charge in [-0.05, 0) is 55.2 Å². The zero-order valence-corrected chi connectivity index (χ0v) is 20.9. The fourth-order valence-corrected chi connectivity index (χ4v) is 4.36. The molecule has 3 amide bonds. The quantitative estimate of drug-likeness (QED) is 0.444. The number of para-hydroxylation sites is 1. The molecule has 0 saturated heterocycles. The van der Waals surface area contributed by atoms with Gasteiger partial charge in [0.25, 0.3) is 11.8 Å². The second-order valence-corrected chi connectivity index (χ2v) is 9.26. The molecule has 0 heterocycles. The molecule has 0 aliphatic heterocycles. The van der Waals surface area contributed by atoms with Crippen LogP contribution in [0.1, 0.15) is 79.5 Å². The lowest BCUT2D eigenvalue weighted by Gasteiger charge is -2.26. The van der Waals surface area contributed by atoms with Crippen LogP contribution in [0.4, 0.5) is 5.69 Å². The van der Waals surface area contributed by atoms with Crippen molar-refractivity contribution in [3.05, 3.63) is 59.7 Å². The first-order valence-corrected chi connectivity index (χ1v) is 12.6. The number of ether oxygens (including phenoxy) is 1. The van der Waals surface area contributed by atoms with Crippen molar-refractivity contribution in [2.24, 2.45) is 5.92 Å². The van der Waals surface area contributed by atoms with Gasteiger partial charge in [-0.2, -0.15) is 0 Å². The summed E-state index contributed by atoms with van der Waals surface area (Å²) in [6, 6.07) is 13.1. The summed E-state index contributed by atoms with van der Waals surface area (Å²) in [5.41, 5.74) is 1.14. The van der Waals surface area contributed by atoms with Gasteiger partial charge in [0.1, 0.15) is 11.8 Å². The van der Waals surface area contributed by atoms with E-state index >= 15 is 0 Å². The molecule has 0 radical (unpaired) electrons. The van der Waals surface area contributed by atoms with Crippen LogP contribution in [0.3, 0.4) is 0 Å². The van der Waals surface area contributed by atoms with E-state index in [1.165, 1.54) is 12.8 Å². The Balaban J connectivity index is 1.72. The van der Waals surface area contributed by atoms with E-state index in [4.69, 9.17) is 4.74 Å². The lowest BCUT2D eigenvalue weighted by molar-refractivity contribution is -0.124. The number of hydrogen-bond acceptors (Lipinski definition) is 4. The Hall–Kier alpha value is -3.35. The molecule has 7 nitrogen and oxygen atoms in total. The average Bonchev–Trinajstić information content (AvgIpc) is 3.15. The van der Waals surface area contributed by atoms with Crippen LogP contribution in [0, 0.1) is 5.92 Å². The van der Waals surface area contributed by atoms with Crippen molar-refractivity contribution < 1.29 is 19.1 Å². The van der Waals surface area contributed by atoms with Crippen LogP contribution in [0.15, 0.2) is 48.5 Å². The van der Waals surface area contributed by atoms with E-state index < -0.39 is 11.9 Å². The lowest BCUT2D eigenvalue weighted by Crippen LogP contribution is -2.52. The molecular weight excluding hydrogens is 442 g/mol. The molecule has 7 heteroatoms. The molecule has 0 bridgehead atoms. The Morgan fingerprint density at radius 3 is 2.23 bits per heavy atom. The molecule has 1 saturated carbocycles. The highest BCUT2D eigenvalue weighted by Crippen LogP contribution is 2.20. The number of hydrogen-bond donors (Lipinski definition) is 3. The minimum atomic E-state index is -0.652. The van der Waals surface area contributed by atoms with Crippen LogP contribution in [-0.4, -0.2) is 36.9 Å². The highest BCUT2D eigenvalue weighted by atomic mass is 16.5. The predicted molar refractivity (Wildman–Crippen MR) is 138 cm³/mol. The van der Waals surface area contributed by atoms with Crippen molar-refractivity contribution in [1.82, 2.24) is 10.6 Å². The Labute approximate surface area is 208 Å². The van der Waals surface area contributed by atoms with Gasteiger partial charge in [-0.15, -0.1) is 0 Å². The van der Waals surface area contributed by atoms with Crippen molar-refractivity contribution in [2.45, 2.75) is 70.9 Å². The Morgan fingerprint density at radius 2 is 1.60 bits per heavy atom. The van der Waals surface area contributed by atoms with Gasteiger partial charge in [0.05, 0.1) is 18.4 Å². The maximum Gasteiger partial charge on any atom is 0.255 e. The molecule has 2 atom stereocenters. The number of carbonyl (C=O) groups is 3. The van der Waals surface area contributed by atoms with E-state index in [1.807, 2.05) is 13.8 Å². The number of carbonyl (C=O) groups excluding carboxylic acids is 3. The average molecular weight is 480 g/mol. The fourth-order valence-electron chi connectivity index (χ4n) is 4.36. The van der Waals surface area contributed by atoms with Crippen LogP contribution in [0.5, 0.6) is 5.75 Å². The van der Waals surface area contributed by atoms with E-state index in [0.29, 0.717) is 22.6 Å². The van der Waals surface area contributed by atoms with Crippen molar-refractivity contribution in [3.63, 3.8) is 0 Å². The zero-order chi connectivity index (χ0) is 25.2. The first-order chi connectivity index (χ1) is 16.9. The van der Waals surface area contributed by atoms with Crippen LogP contribution < -0.4 is 20.7 Å². The minimum Gasteiger partial charge on any atom is -0.497 e. The highest BCUT2D eigenvalue weighted by molar-refractivity contribution is 6.09. The molecule has 0 spiro atoms. The molecule has 1 aliphatic rings. The molecule has 1 aliphatic carbocycles. The molecule has 3 N–H and O–H groups in total. The Bertz CT molecular complexity index is 998. The molecule has 35 heavy (non-hydrogen) atoms. The summed E-state index contributed by atoms with van der Waals surface area (Å²) in [4.78, 5) is 39.3. The number of amides is 3. The molecule has 1 fully saturated rings. The summed E-state index contributed by atoms with van der Waals surface area (Å²) in [5.74, 6) is -0.251. The SMILES string of the molecule is CCC(C)C(NC(=O)c1ccccc1NC(=O)c1ccc(OC)cc1)C(=O)NC1CCCCCC1. The predicted octanol–water partition coefficient (Wildman–Crippen LogP) is 4.93. The van der Waals surface area contributed by atoms with Crippen LogP contribution in [0.25, 0.3) is 0 Å². The molecule has 2 unspecified atom stereocenters. The van der Waals surface area contributed by atoms with E-state index in [9.17, 15) is 14.4 Å². The van der Waals surface area contributed by atoms with Gasteiger partial charge in [0.15, 0.2) is 0 Å². The van der Waals surface area contributed by atoms with E-state index in [2.05, 4.69) is 16.0 Å². The van der Waals surface area contributed by atoms with Crippen LogP contribution >= 0.6 is 0 Å². The maximum absolute atomic E-state index is 13.3. The van der Waals surface area contributed by atoms with Gasteiger partial charge in [-0.3, -0.25) is 14.4 Å². The summed E-state index contributed by atoms with van der Waals surface area (Å²) in [5, 5.41) is 8.94. The molecular formula is C28H37N3O4. The van der Waals surface area contributed by atoms with Gasteiger partial charge in [-0.25, -0.2) is 0 Å². The first kappa shape index (κ1) is 26.3. The van der Waals surface area contributed by atoms with Crippen LogP contribution in [-0.2, 0) is 4.79 Å². The highest BCUT2D eigenvalue weighted by Gasteiger charge is 2.29. The standard InChI is InChI=1S/C28H37N3O4/c1-4-19(2)25(28(34)29-21-11-7-5-6-8-12-21)31-27(33)23-13-9-10-14-24(23)30-26(32)20-15-17-22(35-3)18-16-20/h9-10,13-19,21,25H,4-8,11-12H2,1-3H3,(H,29,34)(H,30,32)(H,31,33). The van der Waals surface area contributed by atoms with E-state index in [-0.39, 0.29) is 23.8 Å². The van der Waals surface area contributed by atoms with Gasteiger partial charge in [0.2, 0.25) is 5.91 Å².